The Labute approximate surface area is 160 Å². The quantitative estimate of drug-likeness (QED) is 0.840. The van der Waals surface area contributed by atoms with Crippen LogP contribution in [0.4, 0.5) is 5.95 Å². The molecule has 1 aliphatic carbocycles. The van der Waals surface area contributed by atoms with E-state index in [-0.39, 0.29) is 11.8 Å². The van der Waals surface area contributed by atoms with E-state index in [0.717, 1.165) is 50.4 Å². The van der Waals surface area contributed by atoms with Crippen LogP contribution in [0.15, 0.2) is 30.3 Å². The van der Waals surface area contributed by atoms with Gasteiger partial charge in [-0.15, -0.1) is 0 Å². The van der Waals surface area contributed by atoms with Crippen LogP contribution >= 0.6 is 0 Å². The van der Waals surface area contributed by atoms with Crippen LogP contribution in [-0.4, -0.2) is 45.2 Å². The van der Waals surface area contributed by atoms with E-state index in [1.54, 1.807) is 4.68 Å². The largest absolute Gasteiger partial charge is 0.353 e. The molecule has 27 heavy (non-hydrogen) atoms. The first kappa shape index (κ1) is 17.9. The fraction of sp³-hybridized carbons (Fsp3) is 0.600. The van der Waals surface area contributed by atoms with Gasteiger partial charge in [-0.25, -0.2) is 0 Å². The first-order chi connectivity index (χ1) is 13.3. The molecule has 1 aromatic heterocycles. The fourth-order valence-corrected chi connectivity index (χ4v) is 4.20. The molecule has 144 valence electrons. The highest BCUT2D eigenvalue weighted by atomic mass is 16.1. The van der Waals surface area contributed by atoms with Gasteiger partial charge in [-0.1, -0.05) is 49.0 Å². The summed E-state index contributed by atoms with van der Waals surface area (Å²) in [5, 5.41) is 15.5. The van der Waals surface area contributed by atoms with Crippen molar-refractivity contribution in [1.82, 2.24) is 25.5 Å². The molecule has 2 fully saturated rings. The van der Waals surface area contributed by atoms with Crippen LogP contribution < -0.4 is 10.2 Å². The Balaban J connectivity index is 1.34. The average molecular weight is 368 g/mol. The molecule has 1 N–H and O–H groups in total. The third-order valence-corrected chi connectivity index (χ3v) is 5.80. The Hall–Kier alpha value is -2.44. The lowest BCUT2D eigenvalue weighted by molar-refractivity contribution is -0.126. The molecule has 7 heteroatoms. The normalized spacial score (nSPS) is 19.6. The lowest BCUT2D eigenvalue weighted by Crippen LogP contribution is -2.44. The van der Waals surface area contributed by atoms with Crippen molar-refractivity contribution in [3.05, 3.63) is 30.3 Å². The molecule has 1 aromatic carbocycles. The number of rotatable bonds is 4. The van der Waals surface area contributed by atoms with Gasteiger partial charge < -0.3 is 10.2 Å². The first-order valence-corrected chi connectivity index (χ1v) is 10.2. The Morgan fingerprint density at radius 3 is 2.37 bits per heavy atom. The fourth-order valence-electron chi connectivity index (χ4n) is 4.20. The maximum absolute atomic E-state index is 12.7. The van der Waals surface area contributed by atoms with Gasteiger partial charge in [0, 0.05) is 25.0 Å². The van der Waals surface area contributed by atoms with E-state index in [4.69, 9.17) is 0 Å². The van der Waals surface area contributed by atoms with Crippen molar-refractivity contribution in [2.45, 2.75) is 57.4 Å². The molecule has 0 bridgehead atoms. The van der Waals surface area contributed by atoms with Gasteiger partial charge in [0.25, 0.3) is 0 Å². The van der Waals surface area contributed by atoms with Gasteiger partial charge in [0.2, 0.25) is 11.9 Å². The lowest BCUT2D eigenvalue weighted by Gasteiger charge is -2.32. The third-order valence-electron chi connectivity index (χ3n) is 5.80. The van der Waals surface area contributed by atoms with E-state index in [1.165, 1.54) is 25.7 Å². The Bertz CT molecular complexity index is 730. The van der Waals surface area contributed by atoms with Gasteiger partial charge in [-0.3, -0.25) is 4.79 Å². The Morgan fingerprint density at radius 1 is 0.963 bits per heavy atom. The van der Waals surface area contributed by atoms with Gasteiger partial charge in [0.05, 0.1) is 5.69 Å². The Morgan fingerprint density at radius 2 is 1.67 bits per heavy atom. The van der Waals surface area contributed by atoms with Gasteiger partial charge >= 0.3 is 0 Å². The third kappa shape index (κ3) is 4.28. The molecule has 7 nitrogen and oxygen atoms in total. The van der Waals surface area contributed by atoms with Crippen molar-refractivity contribution >= 4 is 11.9 Å². The van der Waals surface area contributed by atoms with Gasteiger partial charge in [-0.2, -0.15) is 4.68 Å². The van der Waals surface area contributed by atoms with Crippen LogP contribution in [-0.2, 0) is 4.79 Å². The van der Waals surface area contributed by atoms with E-state index >= 15 is 0 Å². The zero-order valence-electron chi connectivity index (χ0n) is 15.8. The summed E-state index contributed by atoms with van der Waals surface area (Å²) in [5.74, 6) is 1.10. The topological polar surface area (TPSA) is 75.9 Å². The molecule has 0 unspecified atom stereocenters. The summed E-state index contributed by atoms with van der Waals surface area (Å²) in [6, 6.07) is 10.3. The van der Waals surface area contributed by atoms with Crippen molar-refractivity contribution in [2.75, 3.05) is 18.0 Å². The minimum Gasteiger partial charge on any atom is -0.353 e. The molecule has 0 radical (unpaired) electrons. The summed E-state index contributed by atoms with van der Waals surface area (Å²) >= 11 is 0. The van der Waals surface area contributed by atoms with Crippen LogP contribution in [0.3, 0.4) is 0 Å². The van der Waals surface area contributed by atoms with Crippen LogP contribution in [0, 0.1) is 5.92 Å². The number of hydrogen-bond acceptors (Lipinski definition) is 5. The number of anilines is 1. The molecule has 0 atom stereocenters. The second-order valence-electron chi connectivity index (χ2n) is 7.68. The summed E-state index contributed by atoms with van der Waals surface area (Å²) in [4.78, 5) is 14.9. The highest BCUT2D eigenvalue weighted by molar-refractivity contribution is 5.79. The number of carbonyl (C=O) groups is 1. The number of piperidine rings is 1. The van der Waals surface area contributed by atoms with Crippen molar-refractivity contribution in [1.29, 1.82) is 0 Å². The van der Waals surface area contributed by atoms with Crippen molar-refractivity contribution in [3.8, 4) is 5.69 Å². The maximum atomic E-state index is 12.7. The van der Waals surface area contributed by atoms with Gasteiger partial charge in [-0.05, 0) is 48.2 Å². The molecule has 2 aromatic rings. The second kappa shape index (κ2) is 8.50. The zero-order chi connectivity index (χ0) is 18.5. The summed E-state index contributed by atoms with van der Waals surface area (Å²) < 4.78 is 1.77. The maximum Gasteiger partial charge on any atom is 0.250 e. The smallest absolute Gasteiger partial charge is 0.250 e. The molecule has 1 amide bonds. The molecule has 4 rings (SSSR count). The molecule has 0 spiro atoms. The number of carbonyl (C=O) groups excluding carboxylic acids is 1. The molecule has 1 saturated heterocycles. The highest BCUT2D eigenvalue weighted by Crippen LogP contribution is 2.24. The van der Waals surface area contributed by atoms with Crippen molar-refractivity contribution in [2.24, 2.45) is 5.92 Å². The van der Waals surface area contributed by atoms with E-state index in [0.29, 0.717) is 6.04 Å². The van der Waals surface area contributed by atoms with Crippen LogP contribution in [0.1, 0.15) is 51.4 Å². The SMILES string of the molecule is O=C(NC1CCCCCC1)C1CCN(c2nnnn2-c2ccccc2)CC1. The molecular weight excluding hydrogens is 340 g/mol. The van der Waals surface area contributed by atoms with E-state index in [2.05, 4.69) is 25.7 Å². The van der Waals surface area contributed by atoms with Crippen LogP contribution in [0.2, 0.25) is 0 Å². The van der Waals surface area contributed by atoms with Crippen molar-refractivity contribution < 1.29 is 4.79 Å². The van der Waals surface area contributed by atoms with E-state index in [1.807, 2.05) is 30.3 Å². The lowest BCUT2D eigenvalue weighted by atomic mass is 9.95. The number of nitrogens with one attached hydrogen (secondary N) is 1. The zero-order valence-corrected chi connectivity index (χ0v) is 15.8. The van der Waals surface area contributed by atoms with Gasteiger partial charge in [0.1, 0.15) is 0 Å². The number of para-hydroxylation sites is 1. The monoisotopic (exact) mass is 368 g/mol. The van der Waals surface area contributed by atoms with E-state index < -0.39 is 0 Å². The number of amides is 1. The van der Waals surface area contributed by atoms with Crippen LogP contribution in [0.25, 0.3) is 5.69 Å². The first-order valence-electron chi connectivity index (χ1n) is 10.2. The highest BCUT2D eigenvalue weighted by Gasteiger charge is 2.29. The molecular formula is C20H28N6O. The minimum absolute atomic E-state index is 0.102. The standard InChI is InChI=1S/C20H28N6O/c27-19(21-17-8-4-1-2-5-9-17)16-12-14-25(15-13-16)20-22-23-24-26(20)18-10-6-3-7-11-18/h3,6-7,10-11,16-17H,1-2,4-5,8-9,12-15H2,(H,21,27). The van der Waals surface area contributed by atoms with Gasteiger partial charge in [0.15, 0.2) is 0 Å². The summed E-state index contributed by atoms with van der Waals surface area (Å²) in [7, 11) is 0. The number of tetrazole rings is 1. The number of hydrogen-bond donors (Lipinski definition) is 1. The number of benzene rings is 1. The number of nitrogens with zero attached hydrogens (tertiary/aromatic N) is 5. The van der Waals surface area contributed by atoms with Crippen LogP contribution in [0.5, 0.6) is 0 Å². The molecule has 1 aliphatic heterocycles. The summed E-state index contributed by atoms with van der Waals surface area (Å²) in [6.07, 6.45) is 9.06. The minimum atomic E-state index is 0.102. The Kier molecular flexibility index (Phi) is 5.65. The predicted molar refractivity (Wildman–Crippen MR) is 104 cm³/mol. The van der Waals surface area contributed by atoms with Crippen molar-refractivity contribution in [3.63, 3.8) is 0 Å². The predicted octanol–water partition coefficient (Wildman–Crippen LogP) is 2.72. The average Bonchev–Trinajstić information content (AvgIpc) is 3.07. The summed E-state index contributed by atoms with van der Waals surface area (Å²) in [5.41, 5.74) is 0.950. The van der Waals surface area contributed by atoms with E-state index in [9.17, 15) is 4.79 Å². The second-order valence-corrected chi connectivity index (χ2v) is 7.68. The molecule has 2 aliphatic rings. The molecule has 1 saturated carbocycles. The summed E-state index contributed by atoms with van der Waals surface area (Å²) in [6.45, 7) is 1.60. The molecule has 2 heterocycles. The number of aromatic nitrogens is 4.